The second kappa shape index (κ2) is 36.8. The van der Waals surface area contributed by atoms with Gasteiger partial charge in [0.15, 0.2) is 11.6 Å². The molecule has 506 valence electrons. The highest BCUT2D eigenvalue weighted by atomic mass is 79.9. The summed E-state index contributed by atoms with van der Waals surface area (Å²) in [5, 5.41) is 24.8. The van der Waals surface area contributed by atoms with Crippen LogP contribution < -0.4 is 18.9 Å². The van der Waals surface area contributed by atoms with Crippen LogP contribution in [0.1, 0.15) is 148 Å². The van der Waals surface area contributed by atoms with Crippen molar-refractivity contribution in [1.82, 2.24) is 0 Å². The van der Waals surface area contributed by atoms with Gasteiger partial charge in [-0.05, 0) is 211 Å². The predicted octanol–water partition coefficient (Wildman–Crippen LogP) is 21.7. The Bertz CT molecular complexity index is 3920. The second-order valence-electron chi connectivity index (χ2n) is 25.1. The summed E-state index contributed by atoms with van der Waals surface area (Å²) in [7, 11) is 6.07. The number of ketones is 2. The second-order valence-corrected chi connectivity index (χ2v) is 29.8. The molecule has 7 aromatic rings. The maximum Gasteiger partial charge on any atom is 0.338 e. The van der Waals surface area contributed by atoms with Crippen LogP contribution in [-0.2, 0) is 46.1 Å². The van der Waals surface area contributed by atoms with Crippen molar-refractivity contribution in [3.05, 3.63) is 229 Å². The molecule has 17 heteroatoms. The van der Waals surface area contributed by atoms with Gasteiger partial charge in [0, 0.05) is 63.6 Å². The first-order chi connectivity index (χ1) is 44.5. The molecule has 0 heterocycles. The number of aliphatic hydroxyl groups is 1. The van der Waals surface area contributed by atoms with E-state index in [-0.39, 0.29) is 40.0 Å². The fraction of sp³-hybridized carbons (Fsp3) is 0.308. The van der Waals surface area contributed by atoms with Crippen LogP contribution in [0.3, 0.4) is 0 Å². The lowest BCUT2D eigenvalue weighted by Crippen LogP contribution is -2.16. The van der Waals surface area contributed by atoms with Gasteiger partial charge < -0.3 is 34.3 Å². The first kappa shape index (κ1) is 81.1. The van der Waals surface area contributed by atoms with Crippen molar-refractivity contribution >= 4 is 126 Å². The summed E-state index contributed by atoms with van der Waals surface area (Å²) >= 11 is 21.8. The third kappa shape index (κ3) is 22.9. The minimum Gasteiger partial charge on any atom is -0.508 e. The molecular formula is C78H86Br5ClO11. The minimum atomic E-state index is -0.463. The van der Waals surface area contributed by atoms with Gasteiger partial charge in [-0.3, -0.25) is 14.4 Å². The molecule has 7 aromatic carbocycles. The molecule has 3 N–H and O–H groups in total. The zero-order valence-electron chi connectivity index (χ0n) is 56.9. The van der Waals surface area contributed by atoms with Crippen molar-refractivity contribution in [1.29, 1.82) is 0 Å². The summed E-state index contributed by atoms with van der Waals surface area (Å²) in [5.41, 5.74) is 17.8. The van der Waals surface area contributed by atoms with Gasteiger partial charge in [0.2, 0.25) is 5.24 Å². The smallest absolute Gasteiger partial charge is 0.338 e. The van der Waals surface area contributed by atoms with Crippen LogP contribution in [0.4, 0.5) is 0 Å². The lowest BCUT2D eigenvalue weighted by Gasteiger charge is -2.27. The predicted molar refractivity (Wildman–Crippen MR) is 406 cm³/mol. The molecule has 11 nitrogen and oxygen atoms in total. The van der Waals surface area contributed by atoms with E-state index in [1.165, 1.54) is 60.1 Å². The number of esters is 1. The molecule has 0 aliphatic heterocycles. The highest BCUT2D eigenvalue weighted by molar-refractivity contribution is 9.11. The zero-order valence-corrected chi connectivity index (χ0v) is 65.6. The van der Waals surface area contributed by atoms with E-state index >= 15 is 0 Å². The normalized spacial score (nSPS) is 14.1. The lowest BCUT2D eigenvalue weighted by atomic mass is 9.78. The number of hydrogen-bond donors (Lipinski definition) is 3. The van der Waals surface area contributed by atoms with Gasteiger partial charge in [-0.15, -0.1) is 0 Å². The topological polar surface area (TPSA) is 166 Å². The number of carbonyl (C=O) groups is 4. The largest absolute Gasteiger partial charge is 0.508 e. The number of hydrogen-bond acceptors (Lipinski definition) is 11. The number of benzene rings is 7. The summed E-state index contributed by atoms with van der Waals surface area (Å²) in [6.07, 6.45) is 8.05. The van der Waals surface area contributed by atoms with E-state index in [0.29, 0.717) is 34.0 Å². The van der Waals surface area contributed by atoms with Gasteiger partial charge in [-0.1, -0.05) is 196 Å². The molecule has 4 aliphatic rings. The summed E-state index contributed by atoms with van der Waals surface area (Å²) in [5.74, 6) is 3.49. The van der Waals surface area contributed by atoms with E-state index in [1.807, 2.05) is 38.1 Å². The molecule has 0 radical (unpaired) electrons. The van der Waals surface area contributed by atoms with Crippen LogP contribution in [0.2, 0.25) is 0 Å². The molecule has 95 heavy (non-hydrogen) atoms. The van der Waals surface area contributed by atoms with Gasteiger partial charge in [-0.2, -0.15) is 0 Å². The molecule has 0 saturated carbocycles. The average molecular weight is 1630 g/mol. The van der Waals surface area contributed by atoms with Gasteiger partial charge >= 0.3 is 5.97 Å². The number of aromatic hydroxyl groups is 2. The van der Waals surface area contributed by atoms with Crippen LogP contribution in [0.25, 0.3) is 23.3 Å². The van der Waals surface area contributed by atoms with Crippen LogP contribution in [0.5, 0.6) is 34.5 Å². The SMILES string of the molecule is C=C(C)C(=O)Cl.C=C(C)C(=O)Oc1ccc(Br)cc1.CC1Cc2c(Br)ccc(O)c2C1=O.CO.COc1ccc(-c2cc(C(C)(C)C)cc(C(C)(C)C)c2)c2c1C=C(C)C2.COc1ccc(Br)c2c1C(=O)C(C)C2.COc1ccc(Br)c2c1C=C(C)C2.Oc1ccc(Br)cc1. The van der Waals surface area contributed by atoms with E-state index in [0.717, 1.165) is 78.9 Å². The van der Waals surface area contributed by atoms with Crippen molar-refractivity contribution in [3.63, 3.8) is 0 Å². The van der Waals surface area contributed by atoms with Crippen molar-refractivity contribution in [3.8, 4) is 45.6 Å². The molecule has 0 aromatic heterocycles. The molecule has 0 spiro atoms. The third-order valence-corrected chi connectivity index (χ3v) is 18.9. The average Bonchev–Trinajstić information content (AvgIpc) is 1.77. The van der Waals surface area contributed by atoms with E-state index in [9.17, 15) is 24.3 Å². The minimum absolute atomic E-state index is 0.000370. The fourth-order valence-corrected chi connectivity index (χ4v) is 12.1. The maximum atomic E-state index is 11.8. The number of fused-ring (bicyclic) bond motifs is 4. The number of ether oxygens (including phenoxy) is 4. The Labute approximate surface area is 608 Å². The highest BCUT2D eigenvalue weighted by Crippen LogP contribution is 2.43. The standard InChI is InChI=1S/C25H32O.C11H11BrO2.C11H11BrO.2C10H9BrO2.C6H5BrO.C4H5ClO.CH4O/c1-16-11-21-20(9-10-23(26-8)22(21)12-16)17-13-18(24(2,3)4)15-19(14-17)25(5,6)7;1-6-5-7-8(12)3-4-9(14-2)10(7)11(6)13;1-7-5-8-9(6-7)11(13-2)4-3-10(8)12;1-5-4-6-7(11)2-3-8(12)9(6)10(5)13;1-7(2)10(12)13-9-5-3-8(11)4-6-9;7-5-1-3-6(8)4-2-5;1-3(2)4(5)6;1-2/h9-10,12-15H,11H2,1-8H3;3-4,6H,5H2,1-2H3;3-4,6H,5H2,1-2H3;2-3,5,12H,4H2,1H3;3-6H,1H2,2H3;1-4,8H;1H2,2H3;2H,1H3. The van der Waals surface area contributed by atoms with Crippen molar-refractivity contribution < 1.29 is 53.4 Å². The number of rotatable bonds is 7. The number of carbonyl (C=O) groups excluding carboxylic acids is 4. The zero-order chi connectivity index (χ0) is 71.6. The first-order valence-electron chi connectivity index (χ1n) is 30.4. The monoisotopic (exact) mass is 1630 g/mol. The summed E-state index contributed by atoms with van der Waals surface area (Å²) in [4.78, 5) is 44.3. The number of phenolic OH excluding ortho intramolecular Hbond substituents is 2. The molecule has 0 amide bonds. The molecule has 2 atom stereocenters. The summed E-state index contributed by atoms with van der Waals surface area (Å²) in [6, 6.07) is 36.5. The molecular weight excluding hydrogens is 1550 g/mol. The Hall–Kier alpha value is -6.37. The third-order valence-electron chi connectivity index (χ3n) is 15.3. The molecule has 2 unspecified atom stereocenters. The number of phenols is 2. The quantitative estimate of drug-likeness (QED) is 0.0602. The van der Waals surface area contributed by atoms with Crippen molar-refractivity contribution in [2.24, 2.45) is 11.8 Å². The summed E-state index contributed by atoms with van der Waals surface area (Å²) in [6.45, 7) is 31.9. The fourth-order valence-electron chi connectivity index (χ4n) is 10.1. The Morgan fingerprint density at radius 3 is 1.35 bits per heavy atom. The van der Waals surface area contributed by atoms with Gasteiger partial charge in [0.25, 0.3) is 0 Å². The number of Topliss-reactive ketones (excluding diaryl/α,β-unsaturated/α-hetero) is 2. The lowest BCUT2D eigenvalue weighted by molar-refractivity contribution is -0.130. The Morgan fingerprint density at radius 1 is 0.537 bits per heavy atom. The number of allylic oxidation sites excluding steroid dienone is 3. The van der Waals surface area contributed by atoms with E-state index in [4.69, 9.17) is 40.8 Å². The maximum absolute atomic E-state index is 11.8. The highest BCUT2D eigenvalue weighted by Gasteiger charge is 2.33. The molecule has 4 aliphatic carbocycles. The van der Waals surface area contributed by atoms with Crippen LogP contribution in [0.15, 0.2) is 173 Å². The number of methoxy groups -OCH3 is 3. The summed E-state index contributed by atoms with van der Waals surface area (Å²) < 4.78 is 26.1. The van der Waals surface area contributed by atoms with E-state index in [1.54, 1.807) is 95.8 Å². The molecule has 0 bridgehead atoms. The molecule has 11 rings (SSSR count). The van der Waals surface area contributed by atoms with Gasteiger partial charge in [-0.25, -0.2) is 4.79 Å². The number of halogens is 6. The molecule has 0 saturated heterocycles. The van der Waals surface area contributed by atoms with Crippen LogP contribution >= 0.6 is 91.3 Å². The van der Waals surface area contributed by atoms with Gasteiger partial charge in [0.1, 0.15) is 34.5 Å². The number of aliphatic hydroxyl groups excluding tert-OH is 1. The Morgan fingerprint density at radius 2 is 0.926 bits per heavy atom. The van der Waals surface area contributed by atoms with Crippen molar-refractivity contribution in [2.75, 3.05) is 28.4 Å². The van der Waals surface area contributed by atoms with Crippen LogP contribution in [-0.4, -0.2) is 66.5 Å². The van der Waals surface area contributed by atoms with E-state index < -0.39 is 11.2 Å². The molecule has 0 fully saturated rings. The Kier molecular flexibility index (Phi) is 31.4. The first-order valence-corrected chi connectivity index (χ1v) is 34.7. The Balaban J connectivity index is 0.000000245. The van der Waals surface area contributed by atoms with E-state index in [2.05, 4.69) is 191 Å². The van der Waals surface area contributed by atoms with Gasteiger partial charge in [0.05, 0.1) is 32.5 Å². The van der Waals surface area contributed by atoms with Crippen molar-refractivity contribution in [2.45, 2.75) is 120 Å². The van der Waals surface area contributed by atoms with Crippen LogP contribution in [0, 0.1) is 11.8 Å².